The highest BCUT2D eigenvalue weighted by Gasteiger charge is 2.74. The van der Waals surface area contributed by atoms with E-state index in [-0.39, 0.29) is 34.1 Å². The fourth-order valence-corrected chi connectivity index (χ4v) is 12.2. The van der Waals surface area contributed by atoms with Gasteiger partial charge in [0.1, 0.15) is 5.82 Å². The summed E-state index contributed by atoms with van der Waals surface area (Å²) in [6.07, 6.45) is 14.7. The van der Waals surface area contributed by atoms with E-state index in [2.05, 4.69) is 77.2 Å². The van der Waals surface area contributed by atoms with E-state index in [0.717, 1.165) is 92.8 Å². The molecule has 2 spiro atoms. The van der Waals surface area contributed by atoms with Crippen molar-refractivity contribution in [2.75, 3.05) is 37.6 Å². The first kappa shape index (κ1) is 32.3. The summed E-state index contributed by atoms with van der Waals surface area (Å²) in [7, 11) is 0. The Morgan fingerprint density at radius 2 is 1.48 bits per heavy atom. The van der Waals surface area contributed by atoms with Crippen LogP contribution < -0.4 is 4.90 Å². The largest absolute Gasteiger partial charge is 0.393 e. The average molecular weight is 670 g/mol. The Hall–Kier alpha value is -3.58. The predicted molar refractivity (Wildman–Crippen MR) is 198 cm³/mol. The number of anilines is 1. The maximum Gasteiger partial charge on any atom is 0.189 e. The monoisotopic (exact) mass is 669 g/mol. The third-order valence-corrected chi connectivity index (χ3v) is 15.0. The number of benzene rings is 2. The normalized spacial score (nSPS) is 39.0. The summed E-state index contributed by atoms with van der Waals surface area (Å²) in [5, 5.41) is 23.9. The molecular formula is C44H51N3O3. The van der Waals surface area contributed by atoms with Crippen LogP contribution in [0.1, 0.15) is 69.2 Å². The van der Waals surface area contributed by atoms with Gasteiger partial charge in [0.2, 0.25) is 0 Å². The van der Waals surface area contributed by atoms with Crippen molar-refractivity contribution >= 4 is 11.6 Å². The summed E-state index contributed by atoms with van der Waals surface area (Å²) in [5.41, 5.74) is 1.92. The lowest BCUT2D eigenvalue weighted by Gasteiger charge is -2.71. The summed E-state index contributed by atoms with van der Waals surface area (Å²) >= 11 is 0. The first-order chi connectivity index (χ1) is 24.1. The van der Waals surface area contributed by atoms with Gasteiger partial charge in [-0.05, 0) is 85.5 Å². The van der Waals surface area contributed by atoms with E-state index in [1.807, 2.05) is 48.7 Å². The van der Waals surface area contributed by atoms with Gasteiger partial charge in [0.25, 0.3) is 0 Å². The zero-order valence-electron chi connectivity index (χ0n) is 29.6. The Balaban J connectivity index is 1.06. The van der Waals surface area contributed by atoms with Crippen LogP contribution in [-0.2, 0) is 0 Å². The standard InChI is InChI=1S/C44H51N3O3/c1-40-18-15-34(48)28-42(40)21-22-44(35(29-42)39(49)33-13-11-32(12-14-33)31-8-4-3-5-9-31)36(40)16-19-41(2)37(44)17-20-43(41,50)30-46-24-26-47(27-25-46)38-10-6-7-23-45-38/h3-14,21-23,29,34,36-37,48,50H,15-20,24-28,30H2,1-2H3/t34?,36-,37-,40-,41+,42+,43-,44-/m1/s1. The second-order valence-corrected chi connectivity index (χ2v) is 17.0. The van der Waals surface area contributed by atoms with Crippen LogP contribution in [0.4, 0.5) is 5.82 Å². The Labute approximate surface area is 296 Å². The van der Waals surface area contributed by atoms with Crippen LogP contribution >= 0.6 is 0 Å². The van der Waals surface area contributed by atoms with Gasteiger partial charge in [0.05, 0.1) is 11.7 Å². The van der Waals surface area contributed by atoms with Gasteiger partial charge in [-0.2, -0.15) is 0 Å². The van der Waals surface area contributed by atoms with Crippen molar-refractivity contribution in [1.82, 2.24) is 9.88 Å². The number of β-amino-alcohol motifs (C(OH)–C–C–N with tert-alkyl or cyclic N) is 1. The molecule has 50 heavy (non-hydrogen) atoms. The topological polar surface area (TPSA) is 76.9 Å². The van der Waals surface area contributed by atoms with E-state index < -0.39 is 11.0 Å². The van der Waals surface area contributed by atoms with Gasteiger partial charge in [0.15, 0.2) is 5.78 Å². The molecule has 6 nitrogen and oxygen atoms in total. The molecule has 2 bridgehead atoms. The number of aliphatic hydroxyl groups excluding tert-OH is 1. The molecule has 1 saturated heterocycles. The van der Waals surface area contributed by atoms with Crippen molar-refractivity contribution in [3.63, 3.8) is 0 Å². The van der Waals surface area contributed by atoms with Gasteiger partial charge in [-0.3, -0.25) is 9.69 Å². The Morgan fingerprint density at radius 1 is 0.800 bits per heavy atom. The number of hydrogen-bond acceptors (Lipinski definition) is 6. The first-order valence-corrected chi connectivity index (χ1v) is 19.0. The van der Waals surface area contributed by atoms with E-state index in [0.29, 0.717) is 18.9 Å². The van der Waals surface area contributed by atoms with Crippen LogP contribution in [0.15, 0.2) is 103 Å². The molecule has 2 N–H and O–H groups in total. The maximum absolute atomic E-state index is 15.0. The van der Waals surface area contributed by atoms with Gasteiger partial charge in [-0.15, -0.1) is 0 Å². The van der Waals surface area contributed by atoms with Gasteiger partial charge in [-0.1, -0.05) is 92.7 Å². The summed E-state index contributed by atoms with van der Waals surface area (Å²) in [6.45, 7) is 9.09. The van der Waals surface area contributed by atoms with Crippen LogP contribution in [0.5, 0.6) is 0 Å². The van der Waals surface area contributed by atoms with Crippen molar-refractivity contribution in [3.05, 3.63) is 108 Å². The lowest BCUT2D eigenvalue weighted by molar-refractivity contribution is -0.176. The van der Waals surface area contributed by atoms with Gasteiger partial charge in [-0.25, -0.2) is 4.98 Å². The second-order valence-electron chi connectivity index (χ2n) is 17.0. The third-order valence-electron chi connectivity index (χ3n) is 15.0. The fraction of sp³-hybridized carbons (Fsp3) is 0.500. The number of carbonyl (C=O) groups is 1. The SMILES string of the molecule is C[C@]12CC[C@H]3[C@]4(C=C[C@@]5(C=C4C(=O)c4ccc(-c6ccccc6)cc4)CC(O)CC[C@]35C)[C@@H]1CC[C@@]2(O)CN1CCN(c2ccccn2)CC1. The van der Waals surface area contributed by atoms with Crippen molar-refractivity contribution < 1.29 is 15.0 Å². The van der Waals surface area contributed by atoms with Crippen LogP contribution in [0.25, 0.3) is 11.1 Å². The number of nitrogens with zero attached hydrogens (tertiary/aromatic N) is 3. The lowest BCUT2D eigenvalue weighted by Crippen LogP contribution is -2.67. The van der Waals surface area contributed by atoms with Crippen molar-refractivity contribution in [2.24, 2.45) is 33.5 Å². The highest BCUT2D eigenvalue weighted by molar-refractivity contribution is 6.10. The molecule has 260 valence electrons. The van der Waals surface area contributed by atoms with E-state index in [1.54, 1.807) is 0 Å². The molecule has 3 aromatic rings. The number of aliphatic hydroxyl groups is 2. The minimum Gasteiger partial charge on any atom is -0.393 e. The second kappa shape index (κ2) is 11.5. The molecule has 4 fully saturated rings. The van der Waals surface area contributed by atoms with Crippen molar-refractivity contribution in [2.45, 2.75) is 70.5 Å². The maximum atomic E-state index is 15.0. The molecule has 6 heteroatoms. The van der Waals surface area contributed by atoms with E-state index in [4.69, 9.17) is 0 Å². The number of pyridine rings is 1. The highest BCUT2D eigenvalue weighted by atomic mass is 16.3. The number of piperazine rings is 1. The van der Waals surface area contributed by atoms with E-state index >= 15 is 4.79 Å². The number of allylic oxidation sites excluding steroid dienone is 4. The summed E-state index contributed by atoms with van der Waals surface area (Å²) in [6, 6.07) is 24.6. The molecule has 2 heterocycles. The molecule has 0 amide bonds. The third kappa shape index (κ3) is 4.50. The number of rotatable bonds is 6. The smallest absolute Gasteiger partial charge is 0.189 e. The van der Waals surface area contributed by atoms with Gasteiger partial charge in [0, 0.05) is 66.3 Å². The average Bonchev–Trinajstić information content (AvgIpc) is 3.42. The zero-order chi connectivity index (χ0) is 34.4. The molecule has 1 aliphatic heterocycles. The van der Waals surface area contributed by atoms with Crippen LogP contribution in [-0.4, -0.2) is 70.3 Å². The molecule has 2 aromatic carbocycles. The molecule has 1 unspecified atom stereocenters. The molecule has 0 radical (unpaired) electrons. The minimum atomic E-state index is -0.834. The molecule has 3 saturated carbocycles. The van der Waals surface area contributed by atoms with E-state index in [9.17, 15) is 10.2 Å². The summed E-state index contributed by atoms with van der Waals surface area (Å²) in [5.74, 6) is 1.59. The molecule has 10 rings (SSSR count). The molecule has 6 aliphatic carbocycles. The number of Topliss-reactive ketones (excluding diaryl/α,β-unsaturated/α-hetero) is 1. The Kier molecular flexibility index (Phi) is 7.41. The first-order valence-electron chi connectivity index (χ1n) is 19.0. The van der Waals surface area contributed by atoms with Crippen molar-refractivity contribution in [1.29, 1.82) is 0 Å². The lowest BCUT2D eigenvalue weighted by atomic mass is 9.32. The Morgan fingerprint density at radius 3 is 2.22 bits per heavy atom. The molecular weight excluding hydrogens is 619 g/mol. The summed E-state index contributed by atoms with van der Waals surface area (Å²) in [4.78, 5) is 24.4. The predicted octanol–water partition coefficient (Wildman–Crippen LogP) is 7.34. The summed E-state index contributed by atoms with van der Waals surface area (Å²) < 4.78 is 0. The zero-order valence-corrected chi connectivity index (χ0v) is 29.6. The van der Waals surface area contributed by atoms with Crippen LogP contribution in [0, 0.1) is 33.5 Å². The number of carbonyl (C=O) groups excluding carboxylic acids is 1. The van der Waals surface area contributed by atoms with Gasteiger partial charge >= 0.3 is 0 Å². The molecule has 7 aliphatic rings. The Bertz CT molecular complexity index is 1830. The minimum absolute atomic E-state index is 0.0359. The fourth-order valence-electron chi connectivity index (χ4n) is 12.2. The van der Waals surface area contributed by atoms with Gasteiger partial charge < -0.3 is 15.1 Å². The number of aromatic nitrogens is 1. The molecule has 1 aromatic heterocycles. The highest BCUT2D eigenvalue weighted by Crippen LogP contribution is 2.78. The van der Waals surface area contributed by atoms with Crippen LogP contribution in [0.2, 0.25) is 0 Å². The van der Waals surface area contributed by atoms with Crippen LogP contribution in [0.3, 0.4) is 0 Å². The van der Waals surface area contributed by atoms with E-state index in [1.165, 1.54) is 0 Å². The number of hydrogen-bond donors (Lipinski definition) is 2. The number of ketones is 1. The van der Waals surface area contributed by atoms with Crippen molar-refractivity contribution in [3.8, 4) is 11.1 Å². The molecule has 8 atom stereocenters. The number of fused-ring (bicyclic) bond motifs is 1. The quantitative estimate of drug-likeness (QED) is 0.211.